The van der Waals surface area contributed by atoms with Crippen LogP contribution in [-0.4, -0.2) is 46.3 Å². The quantitative estimate of drug-likeness (QED) is 0.823. The molecule has 19 heavy (non-hydrogen) atoms. The van der Waals surface area contributed by atoms with Gasteiger partial charge in [-0.3, -0.25) is 0 Å². The molecule has 2 aromatic heterocycles. The Kier molecular flexibility index (Phi) is 3.29. The van der Waals surface area contributed by atoms with Crippen LogP contribution in [0.15, 0.2) is 12.5 Å². The first-order valence-corrected chi connectivity index (χ1v) is 7.12. The number of hydrogen-bond donors (Lipinski definition) is 0. The number of aromatic nitrogens is 4. The molecular weight excluding hydrogens is 260 g/mol. The molecule has 0 bridgehead atoms. The van der Waals surface area contributed by atoms with Gasteiger partial charge in [0.05, 0.1) is 0 Å². The summed E-state index contributed by atoms with van der Waals surface area (Å²) in [5, 5.41) is 10.3. The standard InChI is InChI=1S/C12H16N6S/c1-9-7-13-8-14-11(9)17-3-5-18(6-4-17)12-16-15-10(2)19-12/h7-8H,3-6H2,1-2H3. The van der Waals surface area contributed by atoms with Crippen LogP contribution in [0.5, 0.6) is 0 Å². The van der Waals surface area contributed by atoms with E-state index in [1.54, 1.807) is 17.7 Å². The highest BCUT2D eigenvalue weighted by atomic mass is 32.1. The van der Waals surface area contributed by atoms with E-state index >= 15 is 0 Å². The Morgan fingerprint density at radius 3 is 2.42 bits per heavy atom. The molecule has 0 unspecified atom stereocenters. The average Bonchev–Trinajstić information content (AvgIpc) is 2.86. The third-order valence-corrected chi connectivity index (χ3v) is 4.13. The Balaban J connectivity index is 1.68. The zero-order valence-electron chi connectivity index (χ0n) is 11.1. The van der Waals surface area contributed by atoms with E-state index in [9.17, 15) is 0 Å². The number of nitrogens with zero attached hydrogens (tertiary/aromatic N) is 6. The van der Waals surface area contributed by atoms with Crippen molar-refractivity contribution in [3.8, 4) is 0 Å². The molecule has 0 aromatic carbocycles. The van der Waals surface area contributed by atoms with Gasteiger partial charge in [0.25, 0.3) is 0 Å². The minimum atomic E-state index is 0.955. The molecule has 0 saturated carbocycles. The van der Waals surface area contributed by atoms with Crippen molar-refractivity contribution in [1.29, 1.82) is 0 Å². The third-order valence-electron chi connectivity index (χ3n) is 3.23. The van der Waals surface area contributed by atoms with Crippen molar-refractivity contribution >= 4 is 22.3 Å². The first kappa shape index (κ1) is 12.3. The maximum absolute atomic E-state index is 4.37. The molecule has 1 aliphatic rings. The monoisotopic (exact) mass is 276 g/mol. The van der Waals surface area contributed by atoms with E-state index in [1.165, 1.54) is 0 Å². The van der Waals surface area contributed by atoms with E-state index in [2.05, 4.69) is 36.9 Å². The van der Waals surface area contributed by atoms with E-state index in [-0.39, 0.29) is 0 Å². The van der Waals surface area contributed by atoms with E-state index in [4.69, 9.17) is 0 Å². The van der Waals surface area contributed by atoms with Gasteiger partial charge in [0.2, 0.25) is 5.13 Å². The van der Waals surface area contributed by atoms with Crippen molar-refractivity contribution in [3.63, 3.8) is 0 Å². The molecule has 0 N–H and O–H groups in total. The predicted molar refractivity (Wildman–Crippen MR) is 75.8 cm³/mol. The minimum absolute atomic E-state index is 0.955. The maximum Gasteiger partial charge on any atom is 0.208 e. The molecular formula is C12H16N6S. The summed E-state index contributed by atoms with van der Waals surface area (Å²) in [6, 6.07) is 0. The van der Waals surface area contributed by atoms with Crippen LogP contribution in [0.2, 0.25) is 0 Å². The number of aryl methyl sites for hydroxylation is 2. The Labute approximate surface area is 116 Å². The van der Waals surface area contributed by atoms with Gasteiger partial charge in [-0.25, -0.2) is 9.97 Å². The number of piperazine rings is 1. The van der Waals surface area contributed by atoms with Gasteiger partial charge in [0.1, 0.15) is 17.2 Å². The Morgan fingerprint density at radius 2 is 1.79 bits per heavy atom. The van der Waals surface area contributed by atoms with Gasteiger partial charge in [-0.15, -0.1) is 10.2 Å². The van der Waals surface area contributed by atoms with Gasteiger partial charge in [0, 0.05) is 37.9 Å². The second-order valence-corrected chi connectivity index (χ2v) is 5.77. The molecule has 3 heterocycles. The van der Waals surface area contributed by atoms with Crippen molar-refractivity contribution in [2.75, 3.05) is 36.0 Å². The average molecular weight is 276 g/mol. The lowest BCUT2D eigenvalue weighted by Crippen LogP contribution is -2.47. The molecule has 7 heteroatoms. The van der Waals surface area contributed by atoms with Crippen molar-refractivity contribution in [2.45, 2.75) is 13.8 Å². The number of anilines is 2. The van der Waals surface area contributed by atoms with Crippen LogP contribution in [0.1, 0.15) is 10.6 Å². The lowest BCUT2D eigenvalue weighted by Gasteiger charge is -2.35. The summed E-state index contributed by atoms with van der Waals surface area (Å²) >= 11 is 1.65. The zero-order chi connectivity index (χ0) is 13.2. The fraction of sp³-hybridized carbons (Fsp3) is 0.500. The SMILES string of the molecule is Cc1nnc(N2CCN(c3ncncc3C)CC2)s1. The van der Waals surface area contributed by atoms with E-state index in [0.717, 1.165) is 47.7 Å². The van der Waals surface area contributed by atoms with Crippen LogP contribution in [0.4, 0.5) is 10.9 Å². The van der Waals surface area contributed by atoms with Crippen LogP contribution in [0, 0.1) is 13.8 Å². The Hall–Kier alpha value is -1.76. The molecule has 100 valence electrons. The maximum atomic E-state index is 4.37. The summed E-state index contributed by atoms with van der Waals surface area (Å²) in [5.41, 5.74) is 1.13. The molecule has 0 atom stereocenters. The molecule has 1 fully saturated rings. The van der Waals surface area contributed by atoms with Gasteiger partial charge in [0.15, 0.2) is 0 Å². The van der Waals surface area contributed by atoms with Crippen LogP contribution in [0.3, 0.4) is 0 Å². The van der Waals surface area contributed by atoms with Crippen LogP contribution >= 0.6 is 11.3 Å². The molecule has 6 nitrogen and oxygen atoms in total. The lowest BCUT2D eigenvalue weighted by molar-refractivity contribution is 0.641. The van der Waals surface area contributed by atoms with Gasteiger partial charge in [-0.05, 0) is 13.8 Å². The van der Waals surface area contributed by atoms with Crippen LogP contribution in [0.25, 0.3) is 0 Å². The van der Waals surface area contributed by atoms with E-state index in [1.807, 2.05) is 13.1 Å². The molecule has 1 saturated heterocycles. The summed E-state index contributed by atoms with van der Waals surface area (Å²) in [4.78, 5) is 13.0. The normalized spacial score (nSPS) is 15.9. The predicted octanol–water partition coefficient (Wildman–Crippen LogP) is 1.27. The van der Waals surface area contributed by atoms with Crippen molar-refractivity contribution in [1.82, 2.24) is 20.2 Å². The summed E-state index contributed by atoms with van der Waals surface area (Å²) in [5.74, 6) is 1.04. The second-order valence-electron chi connectivity index (χ2n) is 4.61. The summed E-state index contributed by atoms with van der Waals surface area (Å²) in [7, 11) is 0. The van der Waals surface area contributed by atoms with Crippen LogP contribution in [-0.2, 0) is 0 Å². The van der Waals surface area contributed by atoms with Gasteiger partial charge < -0.3 is 9.80 Å². The molecule has 0 amide bonds. The topological polar surface area (TPSA) is 58.0 Å². The summed E-state index contributed by atoms with van der Waals surface area (Å²) in [6.07, 6.45) is 3.48. The summed E-state index contributed by atoms with van der Waals surface area (Å²) in [6.45, 7) is 7.86. The Bertz CT molecular complexity index is 561. The fourth-order valence-corrected chi connectivity index (χ4v) is 2.99. The largest absolute Gasteiger partial charge is 0.353 e. The zero-order valence-corrected chi connectivity index (χ0v) is 11.9. The molecule has 1 aliphatic heterocycles. The van der Waals surface area contributed by atoms with Gasteiger partial charge in [-0.1, -0.05) is 11.3 Å². The first-order valence-electron chi connectivity index (χ1n) is 6.30. The van der Waals surface area contributed by atoms with Crippen molar-refractivity contribution in [3.05, 3.63) is 23.1 Å². The smallest absolute Gasteiger partial charge is 0.208 e. The summed E-state index contributed by atoms with van der Waals surface area (Å²) < 4.78 is 0. The first-order chi connectivity index (χ1) is 9.24. The van der Waals surface area contributed by atoms with Crippen molar-refractivity contribution in [2.24, 2.45) is 0 Å². The van der Waals surface area contributed by atoms with Crippen LogP contribution < -0.4 is 9.80 Å². The Morgan fingerprint density at radius 1 is 1.05 bits per heavy atom. The van der Waals surface area contributed by atoms with Gasteiger partial charge in [-0.2, -0.15) is 0 Å². The molecule has 2 aromatic rings. The lowest BCUT2D eigenvalue weighted by atomic mass is 10.2. The van der Waals surface area contributed by atoms with Gasteiger partial charge >= 0.3 is 0 Å². The highest BCUT2D eigenvalue weighted by molar-refractivity contribution is 7.15. The molecule has 0 spiro atoms. The third kappa shape index (κ3) is 2.51. The molecule has 0 aliphatic carbocycles. The number of rotatable bonds is 2. The number of hydrogen-bond acceptors (Lipinski definition) is 7. The van der Waals surface area contributed by atoms with Crippen molar-refractivity contribution < 1.29 is 0 Å². The highest BCUT2D eigenvalue weighted by Crippen LogP contribution is 2.23. The minimum Gasteiger partial charge on any atom is -0.353 e. The fourth-order valence-electron chi connectivity index (χ4n) is 2.25. The van der Waals surface area contributed by atoms with E-state index < -0.39 is 0 Å². The highest BCUT2D eigenvalue weighted by Gasteiger charge is 2.21. The molecule has 3 rings (SSSR count). The molecule has 0 radical (unpaired) electrons. The second kappa shape index (κ2) is 5.08. The van der Waals surface area contributed by atoms with E-state index in [0.29, 0.717) is 0 Å².